The van der Waals surface area contributed by atoms with E-state index in [9.17, 15) is 4.79 Å². The number of aromatic amines is 1. The van der Waals surface area contributed by atoms with Gasteiger partial charge in [0.05, 0.1) is 12.6 Å². The van der Waals surface area contributed by atoms with E-state index in [0.717, 1.165) is 10.9 Å². The summed E-state index contributed by atoms with van der Waals surface area (Å²) < 4.78 is 0. The zero-order valence-electron chi connectivity index (χ0n) is 9.97. The van der Waals surface area contributed by atoms with Gasteiger partial charge >= 0.3 is 0 Å². The molecule has 0 fully saturated rings. The van der Waals surface area contributed by atoms with Crippen LogP contribution >= 0.6 is 0 Å². The van der Waals surface area contributed by atoms with Crippen molar-refractivity contribution in [2.24, 2.45) is 0 Å². The molecule has 0 aliphatic rings. The van der Waals surface area contributed by atoms with Crippen LogP contribution in [0.1, 0.15) is 17.4 Å². The van der Waals surface area contributed by atoms with Crippen LogP contribution in [0.15, 0.2) is 30.3 Å². The normalized spacial score (nSPS) is 12.6. The second kappa shape index (κ2) is 4.59. The van der Waals surface area contributed by atoms with Gasteiger partial charge in [0.15, 0.2) is 0 Å². The number of para-hydroxylation sites is 1. The number of fused-ring (bicyclic) bond motifs is 1. The molecule has 4 heteroatoms. The van der Waals surface area contributed by atoms with Crippen molar-refractivity contribution in [1.82, 2.24) is 9.88 Å². The summed E-state index contributed by atoms with van der Waals surface area (Å²) in [5.41, 5.74) is 1.50. The lowest BCUT2D eigenvalue weighted by Crippen LogP contribution is -2.37. The highest BCUT2D eigenvalue weighted by Crippen LogP contribution is 2.16. The molecule has 90 valence electrons. The van der Waals surface area contributed by atoms with Crippen molar-refractivity contribution < 1.29 is 9.90 Å². The number of nitrogens with one attached hydrogen (secondary N) is 1. The monoisotopic (exact) mass is 232 g/mol. The van der Waals surface area contributed by atoms with Crippen LogP contribution in [-0.2, 0) is 0 Å². The molecule has 1 aromatic carbocycles. The number of amides is 1. The Morgan fingerprint density at radius 1 is 1.47 bits per heavy atom. The van der Waals surface area contributed by atoms with E-state index in [1.165, 1.54) is 4.90 Å². The molecule has 2 aromatic rings. The molecule has 1 unspecified atom stereocenters. The first-order chi connectivity index (χ1) is 8.13. The zero-order valence-corrected chi connectivity index (χ0v) is 9.97. The Labute approximate surface area is 99.9 Å². The second-order valence-electron chi connectivity index (χ2n) is 4.22. The van der Waals surface area contributed by atoms with Gasteiger partial charge in [0, 0.05) is 18.0 Å². The van der Waals surface area contributed by atoms with Crippen LogP contribution in [-0.4, -0.2) is 40.6 Å². The molecule has 1 atom stereocenters. The van der Waals surface area contributed by atoms with E-state index in [2.05, 4.69) is 4.98 Å². The lowest BCUT2D eigenvalue weighted by atomic mass is 10.2. The molecule has 0 spiro atoms. The molecular formula is C13H16N2O2. The molecule has 1 heterocycles. The summed E-state index contributed by atoms with van der Waals surface area (Å²) >= 11 is 0. The summed E-state index contributed by atoms with van der Waals surface area (Å²) in [5, 5.41) is 10.1. The number of hydrogen-bond acceptors (Lipinski definition) is 2. The Hall–Kier alpha value is -1.81. The van der Waals surface area contributed by atoms with Crippen molar-refractivity contribution in [1.29, 1.82) is 0 Å². The molecule has 0 aliphatic heterocycles. The average Bonchev–Trinajstić information content (AvgIpc) is 2.79. The highest BCUT2D eigenvalue weighted by Gasteiger charge is 2.18. The van der Waals surface area contributed by atoms with Crippen LogP contribution in [0, 0.1) is 0 Å². The van der Waals surface area contributed by atoms with Gasteiger partial charge < -0.3 is 15.0 Å². The standard InChI is InChI=1S/C13H16N2O2/c1-9(8-16)15(2)13(17)12-7-10-5-3-4-6-11(10)14-12/h3-7,9,14,16H,8H2,1-2H3. The number of aliphatic hydroxyl groups excluding tert-OH is 1. The topological polar surface area (TPSA) is 56.3 Å². The number of likely N-dealkylation sites (N-methyl/N-ethyl adjacent to an activating group) is 1. The molecule has 1 amide bonds. The van der Waals surface area contributed by atoms with Gasteiger partial charge in [0.1, 0.15) is 5.69 Å². The molecule has 0 aliphatic carbocycles. The van der Waals surface area contributed by atoms with Crippen LogP contribution in [0.2, 0.25) is 0 Å². The van der Waals surface area contributed by atoms with E-state index in [4.69, 9.17) is 5.11 Å². The van der Waals surface area contributed by atoms with Gasteiger partial charge in [-0.2, -0.15) is 0 Å². The third-order valence-electron chi connectivity index (χ3n) is 3.01. The minimum atomic E-state index is -0.186. The number of aromatic nitrogens is 1. The number of nitrogens with zero attached hydrogens (tertiary/aromatic N) is 1. The molecule has 0 saturated carbocycles. The van der Waals surface area contributed by atoms with Crippen molar-refractivity contribution in [3.8, 4) is 0 Å². The minimum Gasteiger partial charge on any atom is -0.394 e. The smallest absolute Gasteiger partial charge is 0.270 e. The van der Waals surface area contributed by atoms with Gasteiger partial charge in [-0.05, 0) is 19.1 Å². The largest absolute Gasteiger partial charge is 0.394 e. The third-order valence-corrected chi connectivity index (χ3v) is 3.01. The van der Waals surface area contributed by atoms with Crippen LogP contribution in [0.25, 0.3) is 10.9 Å². The SMILES string of the molecule is CC(CO)N(C)C(=O)c1cc2ccccc2[nH]1. The van der Waals surface area contributed by atoms with Gasteiger partial charge in [-0.1, -0.05) is 18.2 Å². The van der Waals surface area contributed by atoms with Crippen molar-refractivity contribution in [2.45, 2.75) is 13.0 Å². The maximum atomic E-state index is 12.1. The molecule has 0 saturated heterocycles. The van der Waals surface area contributed by atoms with Crippen molar-refractivity contribution in [3.63, 3.8) is 0 Å². The number of rotatable bonds is 3. The lowest BCUT2D eigenvalue weighted by molar-refractivity contribution is 0.0677. The van der Waals surface area contributed by atoms with E-state index in [1.54, 1.807) is 14.0 Å². The summed E-state index contributed by atoms with van der Waals surface area (Å²) in [4.78, 5) is 16.7. The van der Waals surface area contributed by atoms with E-state index in [-0.39, 0.29) is 18.6 Å². The summed E-state index contributed by atoms with van der Waals surface area (Å²) in [5.74, 6) is -0.109. The summed E-state index contributed by atoms with van der Waals surface area (Å²) in [6, 6.07) is 9.39. The van der Waals surface area contributed by atoms with Gasteiger partial charge in [0.2, 0.25) is 0 Å². The summed E-state index contributed by atoms with van der Waals surface area (Å²) in [7, 11) is 1.69. The maximum absolute atomic E-state index is 12.1. The lowest BCUT2D eigenvalue weighted by Gasteiger charge is -2.22. The number of H-pyrrole nitrogens is 1. The van der Waals surface area contributed by atoms with E-state index in [0.29, 0.717) is 5.69 Å². The third kappa shape index (κ3) is 2.17. The molecule has 17 heavy (non-hydrogen) atoms. The van der Waals surface area contributed by atoms with Crippen LogP contribution in [0.4, 0.5) is 0 Å². The van der Waals surface area contributed by atoms with Gasteiger partial charge in [-0.3, -0.25) is 4.79 Å². The zero-order chi connectivity index (χ0) is 12.4. The first-order valence-electron chi connectivity index (χ1n) is 5.59. The number of hydrogen-bond donors (Lipinski definition) is 2. The minimum absolute atomic E-state index is 0.0392. The van der Waals surface area contributed by atoms with Gasteiger partial charge in [-0.15, -0.1) is 0 Å². The fourth-order valence-corrected chi connectivity index (χ4v) is 1.70. The second-order valence-corrected chi connectivity index (χ2v) is 4.22. The first kappa shape index (κ1) is 11.7. The van der Waals surface area contributed by atoms with Gasteiger partial charge in [0.25, 0.3) is 5.91 Å². The molecule has 0 bridgehead atoms. The number of benzene rings is 1. The van der Waals surface area contributed by atoms with Gasteiger partial charge in [-0.25, -0.2) is 0 Å². The average molecular weight is 232 g/mol. The Balaban J connectivity index is 2.30. The van der Waals surface area contributed by atoms with Crippen molar-refractivity contribution >= 4 is 16.8 Å². The Morgan fingerprint density at radius 2 is 2.18 bits per heavy atom. The Kier molecular flexibility index (Phi) is 3.15. The fraction of sp³-hybridized carbons (Fsp3) is 0.308. The number of aliphatic hydroxyl groups is 1. The molecule has 2 N–H and O–H groups in total. The van der Waals surface area contributed by atoms with E-state index in [1.807, 2.05) is 30.3 Å². The number of carbonyl (C=O) groups is 1. The first-order valence-corrected chi connectivity index (χ1v) is 5.59. The summed E-state index contributed by atoms with van der Waals surface area (Å²) in [6.45, 7) is 1.77. The molecule has 0 radical (unpaired) electrons. The molecule has 4 nitrogen and oxygen atoms in total. The van der Waals surface area contributed by atoms with E-state index >= 15 is 0 Å². The molecule has 1 aromatic heterocycles. The Morgan fingerprint density at radius 3 is 2.82 bits per heavy atom. The molecular weight excluding hydrogens is 216 g/mol. The Bertz CT molecular complexity index is 500. The number of carbonyl (C=O) groups excluding carboxylic acids is 1. The van der Waals surface area contributed by atoms with Crippen LogP contribution in [0.3, 0.4) is 0 Å². The van der Waals surface area contributed by atoms with Crippen molar-refractivity contribution in [2.75, 3.05) is 13.7 Å². The van der Waals surface area contributed by atoms with Crippen LogP contribution in [0.5, 0.6) is 0 Å². The fourth-order valence-electron chi connectivity index (χ4n) is 1.70. The summed E-state index contributed by atoms with van der Waals surface area (Å²) in [6.07, 6.45) is 0. The quantitative estimate of drug-likeness (QED) is 0.845. The van der Waals surface area contributed by atoms with Crippen LogP contribution < -0.4 is 0 Å². The predicted molar refractivity (Wildman–Crippen MR) is 66.9 cm³/mol. The maximum Gasteiger partial charge on any atom is 0.270 e. The van der Waals surface area contributed by atoms with E-state index < -0.39 is 0 Å². The highest BCUT2D eigenvalue weighted by molar-refractivity contribution is 5.98. The highest BCUT2D eigenvalue weighted by atomic mass is 16.3. The molecule has 2 rings (SSSR count). The predicted octanol–water partition coefficient (Wildman–Crippen LogP) is 1.62. The van der Waals surface area contributed by atoms with Crippen molar-refractivity contribution in [3.05, 3.63) is 36.0 Å².